The Hall–Kier alpha value is -3.37. The number of carbonyl (C=O) groups excluding carboxylic acids is 1. The second-order valence-electron chi connectivity index (χ2n) is 6.45. The number of hydrogen-bond donors (Lipinski definition) is 1. The number of nitrogens with zero attached hydrogens (tertiary/aromatic N) is 5. The molecule has 28 heavy (non-hydrogen) atoms. The van der Waals surface area contributed by atoms with Crippen LogP contribution < -0.4 is 15.1 Å². The Kier molecular flexibility index (Phi) is 4.72. The summed E-state index contributed by atoms with van der Waals surface area (Å²) >= 11 is 0. The molecule has 1 atom stereocenters. The Morgan fingerprint density at radius 1 is 1.29 bits per heavy atom. The minimum Gasteiger partial charge on any atom is -0.442 e. The van der Waals surface area contributed by atoms with Gasteiger partial charge in [-0.1, -0.05) is 5.16 Å². The van der Waals surface area contributed by atoms with Gasteiger partial charge in [0, 0.05) is 31.8 Å². The van der Waals surface area contributed by atoms with E-state index in [1.54, 1.807) is 18.1 Å². The van der Waals surface area contributed by atoms with Gasteiger partial charge < -0.3 is 19.5 Å². The van der Waals surface area contributed by atoms with E-state index in [1.807, 2.05) is 0 Å². The number of carbonyl (C=O) groups is 1. The molecule has 1 saturated heterocycles. The summed E-state index contributed by atoms with van der Waals surface area (Å²) in [6, 6.07) is 3.87. The molecule has 2 aromatic rings. The summed E-state index contributed by atoms with van der Waals surface area (Å²) in [5.41, 5.74) is -0.101. The van der Waals surface area contributed by atoms with Crippen LogP contribution in [0.3, 0.4) is 0 Å². The highest BCUT2D eigenvalue weighted by atomic mass is 19.1. The van der Waals surface area contributed by atoms with Crippen LogP contribution in [0, 0.1) is 11.6 Å². The average molecular weight is 392 g/mol. The lowest BCUT2D eigenvalue weighted by Crippen LogP contribution is -2.37. The zero-order chi connectivity index (χ0) is 19.7. The molecule has 0 aliphatic carbocycles. The Morgan fingerprint density at radius 2 is 2.07 bits per heavy atom. The quantitative estimate of drug-likeness (QED) is 0.834. The molecule has 0 bridgehead atoms. The molecular formula is C17H18F2N6O3. The van der Waals surface area contributed by atoms with E-state index >= 15 is 0 Å². The van der Waals surface area contributed by atoms with Crippen molar-refractivity contribution in [3.63, 3.8) is 0 Å². The smallest absolute Gasteiger partial charge is 0.414 e. The van der Waals surface area contributed by atoms with Crippen LogP contribution in [-0.4, -0.2) is 61.9 Å². The van der Waals surface area contributed by atoms with Crippen molar-refractivity contribution in [2.75, 3.05) is 48.3 Å². The molecule has 0 saturated carbocycles. The van der Waals surface area contributed by atoms with E-state index in [1.165, 1.54) is 22.4 Å². The van der Waals surface area contributed by atoms with E-state index in [9.17, 15) is 13.6 Å². The average Bonchev–Trinajstić information content (AvgIpc) is 3.30. The lowest BCUT2D eigenvalue weighted by Gasteiger charge is -2.28. The number of anilines is 3. The van der Waals surface area contributed by atoms with E-state index in [-0.39, 0.29) is 24.5 Å². The molecular weight excluding hydrogens is 374 g/mol. The molecule has 4 rings (SSSR count). The topological polar surface area (TPSA) is 86.4 Å². The molecule has 0 radical (unpaired) electrons. The standard InChI is InChI=1S/C17H18F2N6O3/c1-23-3-4-24(10-21-23)16-13(18)6-11(7-14(16)19)25-9-12(28-17(25)26)8-20-15-2-5-27-22-15/h2,5-7,10,12H,3-4,8-9H2,1H3,(H,20,22). The molecule has 1 N–H and O–H groups in total. The lowest BCUT2D eigenvalue weighted by atomic mass is 10.2. The van der Waals surface area contributed by atoms with Crippen LogP contribution in [0.4, 0.5) is 30.8 Å². The fraction of sp³-hybridized carbons (Fsp3) is 0.353. The van der Waals surface area contributed by atoms with Gasteiger partial charge in [-0.15, -0.1) is 0 Å². The summed E-state index contributed by atoms with van der Waals surface area (Å²) in [6.07, 6.45) is 1.62. The molecule has 148 valence electrons. The number of hydrogen-bond acceptors (Lipinski definition) is 8. The van der Waals surface area contributed by atoms with Gasteiger partial charge in [-0.25, -0.2) is 13.6 Å². The Bertz CT molecular complexity index is 868. The van der Waals surface area contributed by atoms with Crippen LogP contribution in [0.25, 0.3) is 0 Å². The number of aromatic nitrogens is 1. The number of ether oxygens (including phenoxy) is 1. The number of benzene rings is 1. The molecule has 1 fully saturated rings. The van der Waals surface area contributed by atoms with Gasteiger partial charge in [0.05, 0.1) is 25.3 Å². The maximum atomic E-state index is 14.6. The van der Waals surface area contributed by atoms with Gasteiger partial charge in [0.25, 0.3) is 0 Å². The second-order valence-corrected chi connectivity index (χ2v) is 6.45. The molecule has 11 heteroatoms. The van der Waals surface area contributed by atoms with Crippen molar-refractivity contribution in [2.45, 2.75) is 6.10 Å². The summed E-state index contributed by atoms with van der Waals surface area (Å²) < 4.78 is 39.2. The van der Waals surface area contributed by atoms with Crippen molar-refractivity contribution in [3.8, 4) is 0 Å². The maximum Gasteiger partial charge on any atom is 0.414 e. The minimum absolute atomic E-state index is 0.0961. The summed E-state index contributed by atoms with van der Waals surface area (Å²) in [4.78, 5) is 14.8. The second kappa shape index (κ2) is 7.33. The minimum atomic E-state index is -0.775. The van der Waals surface area contributed by atoms with Crippen molar-refractivity contribution in [2.24, 2.45) is 5.10 Å². The Labute approximate surface area is 159 Å². The van der Waals surface area contributed by atoms with Gasteiger partial charge >= 0.3 is 6.09 Å². The van der Waals surface area contributed by atoms with Crippen LogP contribution in [0.1, 0.15) is 0 Å². The van der Waals surface area contributed by atoms with Gasteiger partial charge in [-0.2, -0.15) is 5.10 Å². The zero-order valence-electron chi connectivity index (χ0n) is 15.0. The molecule has 0 spiro atoms. The number of halogens is 2. The Morgan fingerprint density at radius 3 is 2.71 bits per heavy atom. The van der Waals surface area contributed by atoms with E-state index in [0.29, 0.717) is 18.9 Å². The number of likely N-dealkylation sites (N-methyl/N-ethyl adjacent to an activating group) is 1. The molecule has 2 aliphatic heterocycles. The van der Waals surface area contributed by atoms with Crippen LogP contribution in [0.15, 0.2) is 34.1 Å². The Balaban J connectivity index is 1.48. The summed E-state index contributed by atoms with van der Waals surface area (Å²) in [7, 11) is 1.77. The first-order valence-corrected chi connectivity index (χ1v) is 8.64. The maximum absolute atomic E-state index is 14.6. The van der Waals surface area contributed by atoms with Crippen molar-refractivity contribution >= 4 is 29.6 Å². The van der Waals surface area contributed by atoms with Gasteiger partial charge in [-0.05, 0) is 0 Å². The number of cyclic esters (lactones) is 1. The monoisotopic (exact) mass is 392 g/mol. The highest BCUT2D eigenvalue weighted by Crippen LogP contribution is 2.31. The SMILES string of the molecule is CN1CCN(c2c(F)cc(N3CC(CNc4ccon4)OC3=O)cc2F)C=N1. The van der Waals surface area contributed by atoms with Gasteiger partial charge in [0.15, 0.2) is 17.5 Å². The third-order valence-electron chi connectivity index (χ3n) is 4.48. The van der Waals surface area contributed by atoms with Crippen LogP contribution in [0.2, 0.25) is 0 Å². The predicted molar refractivity (Wildman–Crippen MR) is 97.4 cm³/mol. The van der Waals surface area contributed by atoms with Crippen LogP contribution >= 0.6 is 0 Å². The van der Waals surface area contributed by atoms with Crippen LogP contribution in [-0.2, 0) is 4.74 Å². The highest BCUT2D eigenvalue weighted by Gasteiger charge is 2.33. The third kappa shape index (κ3) is 3.55. The molecule has 1 aromatic carbocycles. The van der Waals surface area contributed by atoms with E-state index in [2.05, 4.69) is 15.6 Å². The normalized spacial score (nSPS) is 19.3. The summed E-state index contributed by atoms with van der Waals surface area (Å²) in [6.45, 7) is 1.37. The first-order chi connectivity index (χ1) is 13.5. The summed E-state index contributed by atoms with van der Waals surface area (Å²) in [5.74, 6) is -1.05. The molecule has 3 heterocycles. The van der Waals surface area contributed by atoms with Gasteiger partial charge in [-0.3, -0.25) is 9.91 Å². The van der Waals surface area contributed by atoms with E-state index in [4.69, 9.17) is 9.26 Å². The number of rotatable bonds is 5. The largest absolute Gasteiger partial charge is 0.442 e. The van der Waals surface area contributed by atoms with Gasteiger partial charge in [0.1, 0.15) is 24.4 Å². The van der Waals surface area contributed by atoms with Gasteiger partial charge in [0.2, 0.25) is 0 Å². The zero-order valence-corrected chi connectivity index (χ0v) is 15.0. The van der Waals surface area contributed by atoms with Crippen molar-refractivity contribution < 1.29 is 22.8 Å². The number of nitrogens with one attached hydrogen (secondary N) is 1. The molecule has 2 aliphatic rings. The number of amides is 1. The highest BCUT2D eigenvalue weighted by molar-refractivity contribution is 5.90. The first-order valence-electron chi connectivity index (χ1n) is 8.64. The van der Waals surface area contributed by atoms with Crippen LogP contribution in [0.5, 0.6) is 0 Å². The fourth-order valence-corrected chi connectivity index (χ4v) is 3.03. The van der Waals surface area contributed by atoms with Crippen molar-refractivity contribution in [3.05, 3.63) is 36.1 Å². The molecule has 1 amide bonds. The molecule has 9 nitrogen and oxygen atoms in total. The van der Waals surface area contributed by atoms with Crippen molar-refractivity contribution in [1.29, 1.82) is 0 Å². The lowest BCUT2D eigenvalue weighted by molar-refractivity contribution is 0.147. The molecule has 1 unspecified atom stereocenters. The molecule has 1 aromatic heterocycles. The third-order valence-corrected chi connectivity index (χ3v) is 4.48. The van der Waals surface area contributed by atoms with Crippen molar-refractivity contribution in [1.82, 2.24) is 10.2 Å². The fourth-order valence-electron chi connectivity index (χ4n) is 3.03. The first kappa shape index (κ1) is 18.0. The van der Waals surface area contributed by atoms with E-state index < -0.39 is 23.8 Å². The summed E-state index contributed by atoms with van der Waals surface area (Å²) in [5, 5.41) is 12.4. The number of hydrazone groups is 1. The van der Waals surface area contributed by atoms with E-state index in [0.717, 1.165) is 12.1 Å². The predicted octanol–water partition coefficient (Wildman–Crippen LogP) is 2.09.